The second-order valence-corrected chi connectivity index (χ2v) is 6.78. The second-order valence-electron chi connectivity index (χ2n) is 6.78. The van der Waals surface area contributed by atoms with Crippen LogP contribution in [0.2, 0.25) is 0 Å². The van der Waals surface area contributed by atoms with E-state index in [1.807, 2.05) is 17.5 Å². The highest BCUT2D eigenvalue weighted by atomic mass is 16.2. The maximum Gasteiger partial charge on any atom is 0.332 e. The highest BCUT2D eigenvalue weighted by Gasteiger charge is 2.24. The summed E-state index contributed by atoms with van der Waals surface area (Å²) in [7, 11) is 1.68. The summed E-state index contributed by atoms with van der Waals surface area (Å²) in [4.78, 5) is 29.8. The van der Waals surface area contributed by atoms with Crippen LogP contribution < -0.4 is 11.2 Å². The predicted molar refractivity (Wildman–Crippen MR) is 92.7 cm³/mol. The van der Waals surface area contributed by atoms with E-state index >= 15 is 0 Å². The SMILES string of the molecule is CCn1c(=O)c2c(nc3n(C4CCCCC4)c(C)cn23)n(C)c1=O. The van der Waals surface area contributed by atoms with Crippen LogP contribution >= 0.6 is 0 Å². The van der Waals surface area contributed by atoms with Crippen LogP contribution in [-0.4, -0.2) is 23.1 Å². The zero-order chi connectivity index (χ0) is 17.0. The summed E-state index contributed by atoms with van der Waals surface area (Å²) in [5.74, 6) is 0.773. The van der Waals surface area contributed by atoms with Gasteiger partial charge in [-0.3, -0.25) is 18.3 Å². The topological polar surface area (TPSA) is 66.2 Å². The summed E-state index contributed by atoms with van der Waals surface area (Å²) >= 11 is 0. The first kappa shape index (κ1) is 15.2. The number of imidazole rings is 2. The van der Waals surface area contributed by atoms with Crippen molar-refractivity contribution in [2.75, 3.05) is 0 Å². The third-order valence-corrected chi connectivity index (χ3v) is 5.32. The second kappa shape index (κ2) is 5.36. The molecule has 3 aromatic rings. The number of hydrogen-bond acceptors (Lipinski definition) is 3. The molecule has 1 saturated carbocycles. The molecule has 0 amide bonds. The third kappa shape index (κ3) is 1.93. The van der Waals surface area contributed by atoms with Crippen molar-refractivity contribution < 1.29 is 0 Å². The lowest BCUT2D eigenvalue weighted by Crippen LogP contribution is -2.38. The molecule has 0 saturated heterocycles. The van der Waals surface area contributed by atoms with Crippen molar-refractivity contribution in [2.45, 2.75) is 58.5 Å². The normalized spacial score (nSPS) is 16.5. The first-order chi connectivity index (χ1) is 11.5. The highest BCUT2D eigenvalue weighted by molar-refractivity contribution is 5.75. The Kier molecular flexibility index (Phi) is 3.40. The van der Waals surface area contributed by atoms with Gasteiger partial charge in [0.2, 0.25) is 5.78 Å². The van der Waals surface area contributed by atoms with Crippen molar-refractivity contribution >= 4 is 16.9 Å². The monoisotopic (exact) mass is 329 g/mol. The van der Waals surface area contributed by atoms with Crippen LogP contribution in [0.15, 0.2) is 15.8 Å². The van der Waals surface area contributed by atoms with Crippen LogP contribution in [0.1, 0.15) is 50.8 Å². The molecule has 1 fully saturated rings. The maximum atomic E-state index is 12.8. The third-order valence-electron chi connectivity index (χ3n) is 5.32. The fraction of sp³-hybridized carbons (Fsp3) is 0.588. The molecule has 1 aliphatic rings. The van der Waals surface area contributed by atoms with Gasteiger partial charge >= 0.3 is 5.69 Å². The molecule has 4 rings (SSSR count). The summed E-state index contributed by atoms with van der Waals surface area (Å²) in [5.41, 5.74) is 1.50. The van der Waals surface area contributed by atoms with Gasteiger partial charge in [0.15, 0.2) is 11.2 Å². The van der Waals surface area contributed by atoms with E-state index in [1.54, 1.807) is 7.05 Å². The van der Waals surface area contributed by atoms with E-state index in [2.05, 4.69) is 16.5 Å². The average Bonchev–Trinajstić information content (AvgIpc) is 3.08. The minimum atomic E-state index is -0.309. The average molecular weight is 329 g/mol. The first-order valence-electron chi connectivity index (χ1n) is 8.74. The lowest BCUT2D eigenvalue weighted by Gasteiger charge is -2.24. The lowest BCUT2D eigenvalue weighted by atomic mass is 9.95. The largest absolute Gasteiger partial charge is 0.332 e. The Bertz CT molecular complexity index is 1040. The molecule has 7 nitrogen and oxygen atoms in total. The van der Waals surface area contributed by atoms with Gasteiger partial charge < -0.3 is 4.57 Å². The molecule has 3 aromatic heterocycles. The molecule has 0 spiro atoms. The fourth-order valence-electron chi connectivity index (χ4n) is 4.10. The van der Waals surface area contributed by atoms with E-state index in [-0.39, 0.29) is 11.2 Å². The van der Waals surface area contributed by atoms with Gasteiger partial charge in [0.1, 0.15) is 0 Å². The Morgan fingerprint density at radius 3 is 2.58 bits per heavy atom. The van der Waals surface area contributed by atoms with E-state index in [0.29, 0.717) is 23.8 Å². The lowest BCUT2D eigenvalue weighted by molar-refractivity contribution is 0.355. The molecule has 0 aromatic carbocycles. The Labute approximate surface area is 139 Å². The van der Waals surface area contributed by atoms with Crippen molar-refractivity contribution in [1.29, 1.82) is 0 Å². The molecule has 24 heavy (non-hydrogen) atoms. The number of fused-ring (bicyclic) bond motifs is 3. The van der Waals surface area contributed by atoms with E-state index in [0.717, 1.165) is 24.3 Å². The summed E-state index contributed by atoms with van der Waals surface area (Å²) in [5, 5.41) is 0. The van der Waals surface area contributed by atoms with Gasteiger partial charge in [-0.05, 0) is 26.7 Å². The van der Waals surface area contributed by atoms with Crippen molar-refractivity contribution in [1.82, 2.24) is 23.1 Å². The minimum Gasteiger partial charge on any atom is -0.311 e. The number of rotatable bonds is 2. The quantitative estimate of drug-likeness (QED) is 0.722. The Morgan fingerprint density at radius 2 is 1.92 bits per heavy atom. The zero-order valence-corrected chi connectivity index (χ0v) is 14.4. The molecular weight excluding hydrogens is 306 g/mol. The molecule has 0 aliphatic heterocycles. The first-order valence-corrected chi connectivity index (χ1v) is 8.74. The molecule has 3 heterocycles. The molecular formula is C17H23N5O2. The van der Waals surface area contributed by atoms with Crippen LogP contribution in [0.5, 0.6) is 0 Å². The van der Waals surface area contributed by atoms with Crippen molar-refractivity contribution in [2.24, 2.45) is 7.05 Å². The van der Waals surface area contributed by atoms with Gasteiger partial charge in [-0.1, -0.05) is 19.3 Å². The van der Waals surface area contributed by atoms with Crippen LogP contribution in [0.25, 0.3) is 16.9 Å². The zero-order valence-electron chi connectivity index (χ0n) is 14.4. The van der Waals surface area contributed by atoms with Crippen molar-refractivity contribution in [3.63, 3.8) is 0 Å². The van der Waals surface area contributed by atoms with Crippen LogP contribution in [0.3, 0.4) is 0 Å². The van der Waals surface area contributed by atoms with E-state index in [1.165, 1.54) is 28.4 Å². The van der Waals surface area contributed by atoms with Gasteiger partial charge in [0.05, 0.1) is 0 Å². The molecule has 0 unspecified atom stereocenters. The highest BCUT2D eigenvalue weighted by Crippen LogP contribution is 2.31. The molecule has 0 N–H and O–H groups in total. The molecule has 1 aliphatic carbocycles. The molecule has 128 valence electrons. The Morgan fingerprint density at radius 1 is 1.21 bits per heavy atom. The molecule has 7 heteroatoms. The molecule has 0 atom stereocenters. The van der Waals surface area contributed by atoms with Gasteiger partial charge in [0.25, 0.3) is 5.56 Å². The standard InChI is InChI=1S/C17H23N5O2/c1-4-20-15(23)13-14(19(3)17(20)24)18-16-21(13)10-11(2)22(16)12-8-6-5-7-9-12/h10,12H,4-9H2,1-3H3. The molecule has 0 radical (unpaired) electrons. The Balaban J connectivity index is 2.09. The van der Waals surface area contributed by atoms with E-state index < -0.39 is 0 Å². The number of aromatic nitrogens is 5. The Hall–Kier alpha value is -2.31. The fourth-order valence-corrected chi connectivity index (χ4v) is 4.10. The maximum absolute atomic E-state index is 12.8. The molecule has 0 bridgehead atoms. The van der Waals surface area contributed by atoms with Crippen molar-refractivity contribution in [3.05, 3.63) is 32.7 Å². The van der Waals surface area contributed by atoms with Crippen LogP contribution in [-0.2, 0) is 13.6 Å². The summed E-state index contributed by atoms with van der Waals surface area (Å²) in [6.45, 7) is 4.23. The number of aryl methyl sites for hydroxylation is 2. The summed E-state index contributed by atoms with van der Waals surface area (Å²) < 4.78 is 6.87. The van der Waals surface area contributed by atoms with Crippen molar-refractivity contribution in [3.8, 4) is 0 Å². The minimum absolute atomic E-state index is 0.260. The summed E-state index contributed by atoms with van der Waals surface area (Å²) in [6, 6.07) is 0.429. The van der Waals surface area contributed by atoms with Gasteiger partial charge in [-0.15, -0.1) is 0 Å². The predicted octanol–water partition coefficient (Wildman–Crippen LogP) is 1.98. The van der Waals surface area contributed by atoms with Crippen LogP contribution in [0.4, 0.5) is 0 Å². The van der Waals surface area contributed by atoms with E-state index in [9.17, 15) is 9.59 Å². The van der Waals surface area contributed by atoms with Crippen LogP contribution in [0, 0.1) is 6.92 Å². The summed E-state index contributed by atoms with van der Waals surface area (Å²) in [6.07, 6.45) is 8.02. The van der Waals surface area contributed by atoms with Gasteiger partial charge in [0, 0.05) is 31.5 Å². The van der Waals surface area contributed by atoms with E-state index in [4.69, 9.17) is 0 Å². The van der Waals surface area contributed by atoms with Gasteiger partial charge in [-0.2, -0.15) is 4.98 Å². The number of nitrogens with zero attached hydrogens (tertiary/aromatic N) is 5. The number of hydrogen-bond donors (Lipinski definition) is 0. The van der Waals surface area contributed by atoms with Gasteiger partial charge in [-0.25, -0.2) is 4.79 Å². The smallest absolute Gasteiger partial charge is 0.311 e.